The van der Waals surface area contributed by atoms with Crippen molar-refractivity contribution in [2.24, 2.45) is 10.8 Å². The number of carbonyl (C=O) groups is 1. The summed E-state index contributed by atoms with van der Waals surface area (Å²) in [4.78, 5) is 14.1. The average molecular weight is 311 g/mol. The highest BCUT2D eigenvalue weighted by Gasteiger charge is 2.34. The molecule has 22 heavy (non-hydrogen) atoms. The second kappa shape index (κ2) is 8.14. The van der Waals surface area contributed by atoms with Crippen molar-refractivity contribution in [3.05, 3.63) is 11.3 Å². The Balaban J connectivity index is 0.00000211. The molecule has 0 radical (unpaired) electrons. The summed E-state index contributed by atoms with van der Waals surface area (Å²) in [5.74, 6) is 0.332. The lowest BCUT2D eigenvalue weighted by molar-refractivity contribution is -0.117. The molecule has 0 fully saturated rings. The first-order valence-electron chi connectivity index (χ1n) is 8.59. The average Bonchev–Trinajstić information content (AvgIpc) is 2.39. The van der Waals surface area contributed by atoms with Crippen LogP contribution in [0.1, 0.15) is 68.2 Å². The molecule has 0 bridgehead atoms. The molecule has 0 spiro atoms. The summed E-state index contributed by atoms with van der Waals surface area (Å²) >= 11 is 0. The van der Waals surface area contributed by atoms with Crippen LogP contribution in [-0.4, -0.2) is 37.4 Å². The van der Waals surface area contributed by atoms with Gasteiger partial charge in [-0.05, 0) is 24.3 Å². The number of ketones is 1. The second-order valence-electron chi connectivity index (χ2n) is 8.35. The van der Waals surface area contributed by atoms with Crippen molar-refractivity contribution >= 4 is 5.78 Å². The summed E-state index contributed by atoms with van der Waals surface area (Å²) in [5, 5.41) is 3.40. The van der Waals surface area contributed by atoms with Crippen LogP contribution in [0.15, 0.2) is 11.3 Å². The van der Waals surface area contributed by atoms with Gasteiger partial charge in [0.2, 0.25) is 0 Å². The summed E-state index contributed by atoms with van der Waals surface area (Å²) in [5.41, 5.74) is 2.67. The van der Waals surface area contributed by atoms with E-state index in [4.69, 9.17) is 0 Å². The van der Waals surface area contributed by atoms with Crippen molar-refractivity contribution in [3.63, 3.8) is 0 Å². The minimum absolute atomic E-state index is 0.171. The van der Waals surface area contributed by atoms with E-state index < -0.39 is 0 Å². The third kappa shape index (κ3) is 6.12. The number of nitrogens with one attached hydrogen (secondary N) is 1. The monoisotopic (exact) mass is 310 g/mol. The largest absolute Gasteiger partial charge is 0.376 e. The standard InChI is InChI=1S/C17H32N2O.C2H6/c1-16(2,3)10-12-13(9-14(12)20)19(8)11-15(18-7)17(4,5)6;1-2/h15,18H,9-11H2,1-8H3;1-2H3. The molecule has 0 saturated carbocycles. The summed E-state index contributed by atoms with van der Waals surface area (Å²) < 4.78 is 0. The molecule has 0 saturated heterocycles. The van der Waals surface area contributed by atoms with Gasteiger partial charge in [-0.1, -0.05) is 55.4 Å². The van der Waals surface area contributed by atoms with Gasteiger partial charge in [-0.3, -0.25) is 4.79 Å². The van der Waals surface area contributed by atoms with E-state index in [2.05, 4.69) is 58.8 Å². The van der Waals surface area contributed by atoms with Crippen LogP contribution in [0.3, 0.4) is 0 Å². The highest BCUT2D eigenvalue weighted by Crippen LogP contribution is 2.36. The lowest BCUT2D eigenvalue weighted by atomic mass is 9.78. The summed E-state index contributed by atoms with van der Waals surface area (Å²) in [6, 6.07) is 0.409. The molecule has 3 heteroatoms. The molecule has 0 amide bonds. The topological polar surface area (TPSA) is 32.3 Å². The van der Waals surface area contributed by atoms with Crippen LogP contribution in [0.2, 0.25) is 0 Å². The molecule has 1 unspecified atom stereocenters. The van der Waals surface area contributed by atoms with Crippen molar-refractivity contribution in [1.82, 2.24) is 10.2 Å². The number of carbonyl (C=O) groups excluding carboxylic acids is 1. The van der Waals surface area contributed by atoms with Gasteiger partial charge in [0.25, 0.3) is 0 Å². The quantitative estimate of drug-likeness (QED) is 0.824. The van der Waals surface area contributed by atoms with Gasteiger partial charge in [0, 0.05) is 30.9 Å². The minimum Gasteiger partial charge on any atom is -0.376 e. The molecule has 0 aromatic rings. The number of hydrogen-bond donors (Lipinski definition) is 1. The van der Waals surface area contributed by atoms with E-state index in [0.717, 1.165) is 18.5 Å². The Kier molecular flexibility index (Phi) is 7.84. The molecule has 1 atom stereocenters. The van der Waals surface area contributed by atoms with E-state index in [1.807, 2.05) is 20.9 Å². The van der Waals surface area contributed by atoms with Crippen molar-refractivity contribution in [1.29, 1.82) is 0 Å². The van der Waals surface area contributed by atoms with Crippen LogP contribution in [0, 0.1) is 10.8 Å². The van der Waals surface area contributed by atoms with Crippen molar-refractivity contribution < 1.29 is 4.79 Å². The first kappa shape index (κ1) is 21.2. The Labute approximate surface area is 138 Å². The maximum atomic E-state index is 11.9. The summed E-state index contributed by atoms with van der Waals surface area (Å²) in [6.07, 6.45) is 1.49. The van der Waals surface area contributed by atoms with E-state index in [0.29, 0.717) is 18.2 Å². The first-order valence-corrected chi connectivity index (χ1v) is 8.59. The Hall–Kier alpha value is -0.830. The number of likely N-dealkylation sites (N-methyl/N-ethyl adjacent to an activating group) is 2. The van der Waals surface area contributed by atoms with Crippen molar-refractivity contribution in [2.75, 3.05) is 20.6 Å². The number of rotatable bonds is 5. The van der Waals surface area contributed by atoms with Gasteiger partial charge in [0.1, 0.15) is 0 Å². The zero-order valence-corrected chi connectivity index (χ0v) is 16.6. The maximum absolute atomic E-state index is 11.9. The van der Waals surface area contributed by atoms with E-state index >= 15 is 0 Å². The zero-order chi connectivity index (χ0) is 17.7. The van der Waals surface area contributed by atoms with Crippen LogP contribution in [0.4, 0.5) is 0 Å². The van der Waals surface area contributed by atoms with Gasteiger partial charge >= 0.3 is 0 Å². The Morgan fingerprint density at radius 2 is 1.64 bits per heavy atom. The molecule has 1 N–H and O–H groups in total. The number of allylic oxidation sites excluding steroid dienone is 2. The number of hydrogen-bond acceptors (Lipinski definition) is 3. The predicted molar refractivity (Wildman–Crippen MR) is 97.0 cm³/mol. The maximum Gasteiger partial charge on any atom is 0.166 e. The number of Topliss-reactive ketones (excluding diaryl/α,β-unsaturated/α-hetero) is 1. The zero-order valence-electron chi connectivity index (χ0n) is 16.6. The molecule has 0 aliphatic heterocycles. The van der Waals surface area contributed by atoms with Gasteiger partial charge in [-0.2, -0.15) is 0 Å². The lowest BCUT2D eigenvalue weighted by Crippen LogP contribution is -2.47. The summed E-state index contributed by atoms with van der Waals surface area (Å²) in [6.45, 7) is 18.3. The molecule has 0 heterocycles. The van der Waals surface area contributed by atoms with Crippen LogP contribution < -0.4 is 5.32 Å². The third-order valence-electron chi connectivity index (χ3n) is 4.03. The molecular weight excluding hydrogens is 272 g/mol. The smallest absolute Gasteiger partial charge is 0.166 e. The lowest BCUT2D eigenvalue weighted by Gasteiger charge is -2.39. The Bertz CT molecular complexity index is 397. The molecule has 1 rings (SSSR count). The molecule has 3 nitrogen and oxygen atoms in total. The summed E-state index contributed by atoms with van der Waals surface area (Å²) in [7, 11) is 4.13. The molecule has 1 aliphatic carbocycles. The molecule has 130 valence electrons. The number of nitrogens with zero attached hydrogens (tertiary/aromatic N) is 1. The van der Waals surface area contributed by atoms with Gasteiger partial charge in [0.15, 0.2) is 5.78 Å². The van der Waals surface area contributed by atoms with Gasteiger partial charge < -0.3 is 10.2 Å². The van der Waals surface area contributed by atoms with E-state index in [1.165, 1.54) is 5.70 Å². The van der Waals surface area contributed by atoms with Gasteiger partial charge in [0.05, 0.1) is 6.42 Å². The fourth-order valence-corrected chi connectivity index (χ4v) is 2.70. The third-order valence-corrected chi connectivity index (χ3v) is 4.03. The first-order chi connectivity index (χ1) is 9.95. The predicted octanol–water partition coefficient (Wildman–Crippen LogP) is 4.24. The fraction of sp³-hybridized carbons (Fsp3) is 0.842. The van der Waals surface area contributed by atoms with E-state index in [1.54, 1.807) is 0 Å². The highest BCUT2D eigenvalue weighted by atomic mass is 16.1. The second-order valence-corrected chi connectivity index (χ2v) is 8.35. The van der Waals surface area contributed by atoms with Crippen LogP contribution in [0.5, 0.6) is 0 Å². The Morgan fingerprint density at radius 3 is 1.95 bits per heavy atom. The molecule has 1 aliphatic rings. The van der Waals surface area contributed by atoms with Crippen molar-refractivity contribution in [2.45, 2.75) is 74.3 Å². The van der Waals surface area contributed by atoms with E-state index in [-0.39, 0.29) is 10.8 Å². The highest BCUT2D eigenvalue weighted by molar-refractivity contribution is 6.04. The normalized spacial score (nSPS) is 16.7. The van der Waals surface area contributed by atoms with E-state index in [9.17, 15) is 4.79 Å². The Morgan fingerprint density at radius 1 is 1.14 bits per heavy atom. The fourth-order valence-electron chi connectivity index (χ4n) is 2.70. The van der Waals surface area contributed by atoms with Gasteiger partial charge in [-0.25, -0.2) is 0 Å². The molecule has 0 aromatic carbocycles. The molecular formula is C19H38N2O. The van der Waals surface area contributed by atoms with Crippen LogP contribution >= 0.6 is 0 Å². The minimum atomic E-state index is 0.171. The van der Waals surface area contributed by atoms with Crippen LogP contribution in [-0.2, 0) is 4.79 Å². The SMILES string of the molecule is CC.CNC(CN(C)C1=C(CC(C)(C)C)C(=O)C1)C(C)(C)C. The van der Waals surface area contributed by atoms with Gasteiger partial charge in [-0.15, -0.1) is 0 Å². The molecule has 0 aromatic heterocycles. The van der Waals surface area contributed by atoms with Crippen molar-refractivity contribution in [3.8, 4) is 0 Å². The van der Waals surface area contributed by atoms with Crippen LogP contribution in [0.25, 0.3) is 0 Å².